The molecule has 1 amide bonds. The molecule has 0 radical (unpaired) electrons. The van der Waals surface area contributed by atoms with Crippen molar-refractivity contribution >= 4 is 12.1 Å². The number of nitrogens with one attached hydrogen (secondary N) is 1. The highest BCUT2D eigenvalue weighted by Crippen LogP contribution is 2.40. The number of piperidine rings is 1. The largest absolute Gasteiger partial charge is 0.469 e. The Balaban J connectivity index is 2.09. The molecule has 21 heavy (non-hydrogen) atoms. The lowest BCUT2D eigenvalue weighted by molar-refractivity contribution is -0.149. The Hall–Kier alpha value is -1.30. The molecule has 2 aliphatic heterocycles. The van der Waals surface area contributed by atoms with Gasteiger partial charge in [-0.05, 0) is 33.6 Å². The third-order valence-corrected chi connectivity index (χ3v) is 4.31. The second kappa shape index (κ2) is 5.83. The summed E-state index contributed by atoms with van der Waals surface area (Å²) in [6, 6.07) is 0. The van der Waals surface area contributed by atoms with E-state index in [0.29, 0.717) is 19.6 Å². The monoisotopic (exact) mass is 298 g/mol. The fraction of sp³-hybridized carbons (Fsp3) is 0.867. The van der Waals surface area contributed by atoms with Gasteiger partial charge >= 0.3 is 12.1 Å². The molecule has 1 N–H and O–H groups in total. The minimum Gasteiger partial charge on any atom is -0.469 e. The van der Waals surface area contributed by atoms with E-state index >= 15 is 0 Å². The van der Waals surface area contributed by atoms with Gasteiger partial charge in [-0.15, -0.1) is 0 Å². The second-order valence-electron chi connectivity index (χ2n) is 7.07. The van der Waals surface area contributed by atoms with Crippen LogP contribution in [0.5, 0.6) is 0 Å². The summed E-state index contributed by atoms with van der Waals surface area (Å²) in [7, 11) is 1.42. The Morgan fingerprint density at radius 1 is 1.33 bits per heavy atom. The SMILES string of the molecule is COC(=O)C1CNCC12CCCN(C(=O)OC(C)(C)C)C2. The van der Waals surface area contributed by atoms with Crippen molar-refractivity contribution in [1.82, 2.24) is 10.2 Å². The van der Waals surface area contributed by atoms with E-state index < -0.39 is 5.60 Å². The summed E-state index contributed by atoms with van der Waals surface area (Å²) in [6.07, 6.45) is 1.52. The average molecular weight is 298 g/mol. The summed E-state index contributed by atoms with van der Waals surface area (Å²) in [5.74, 6) is -0.376. The van der Waals surface area contributed by atoms with Crippen LogP contribution >= 0.6 is 0 Å². The fourth-order valence-corrected chi connectivity index (χ4v) is 3.35. The van der Waals surface area contributed by atoms with Gasteiger partial charge in [-0.1, -0.05) is 0 Å². The number of hydrogen-bond acceptors (Lipinski definition) is 5. The van der Waals surface area contributed by atoms with E-state index in [2.05, 4.69) is 5.32 Å². The van der Waals surface area contributed by atoms with E-state index in [0.717, 1.165) is 19.4 Å². The van der Waals surface area contributed by atoms with Gasteiger partial charge in [0.15, 0.2) is 0 Å². The molecule has 6 heteroatoms. The summed E-state index contributed by atoms with van der Waals surface area (Å²) in [5.41, 5.74) is -0.723. The zero-order chi connectivity index (χ0) is 15.7. The van der Waals surface area contributed by atoms with Crippen LogP contribution in [0.4, 0.5) is 4.79 Å². The Bertz CT molecular complexity index is 418. The number of carbonyl (C=O) groups excluding carboxylic acids is 2. The molecule has 2 atom stereocenters. The van der Waals surface area contributed by atoms with Gasteiger partial charge in [0, 0.05) is 31.6 Å². The van der Waals surface area contributed by atoms with Gasteiger partial charge in [-0.25, -0.2) is 4.79 Å². The van der Waals surface area contributed by atoms with Crippen LogP contribution in [-0.2, 0) is 14.3 Å². The lowest BCUT2D eigenvalue weighted by Gasteiger charge is -2.42. The molecule has 0 bridgehead atoms. The van der Waals surface area contributed by atoms with Crippen LogP contribution in [0.3, 0.4) is 0 Å². The predicted octanol–water partition coefficient (Wildman–Crippen LogP) is 1.40. The zero-order valence-corrected chi connectivity index (χ0v) is 13.4. The van der Waals surface area contributed by atoms with Crippen molar-refractivity contribution in [3.8, 4) is 0 Å². The van der Waals surface area contributed by atoms with E-state index in [1.54, 1.807) is 4.90 Å². The van der Waals surface area contributed by atoms with Crippen LogP contribution in [0.25, 0.3) is 0 Å². The molecule has 2 unspecified atom stereocenters. The molecule has 2 saturated heterocycles. The number of amides is 1. The maximum absolute atomic E-state index is 12.3. The molecule has 1 spiro atoms. The molecular weight excluding hydrogens is 272 g/mol. The lowest BCUT2D eigenvalue weighted by atomic mass is 9.72. The van der Waals surface area contributed by atoms with Crippen molar-refractivity contribution in [3.63, 3.8) is 0 Å². The van der Waals surface area contributed by atoms with Gasteiger partial charge in [0.2, 0.25) is 0 Å². The molecular formula is C15H26N2O4. The highest BCUT2D eigenvalue weighted by Gasteiger charge is 2.50. The third kappa shape index (κ3) is 3.48. The number of rotatable bonds is 1. The first-order valence-corrected chi connectivity index (χ1v) is 7.54. The molecule has 2 rings (SSSR count). The van der Waals surface area contributed by atoms with Crippen molar-refractivity contribution in [2.75, 3.05) is 33.3 Å². The average Bonchev–Trinajstić information content (AvgIpc) is 2.79. The quantitative estimate of drug-likeness (QED) is 0.741. The molecule has 2 aliphatic rings. The number of ether oxygens (including phenoxy) is 2. The van der Waals surface area contributed by atoms with Crippen molar-refractivity contribution in [3.05, 3.63) is 0 Å². The molecule has 0 aromatic carbocycles. The van der Waals surface area contributed by atoms with Crippen LogP contribution in [0, 0.1) is 11.3 Å². The molecule has 0 aliphatic carbocycles. The maximum atomic E-state index is 12.3. The lowest BCUT2D eigenvalue weighted by Crippen LogP contribution is -2.52. The molecule has 6 nitrogen and oxygen atoms in total. The number of methoxy groups -OCH3 is 1. The molecule has 120 valence electrons. The maximum Gasteiger partial charge on any atom is 0.410 e. The highest BCUT2D eigenvalue weighted by atomic mass is 16.6. The molecule has 0 saturated carbocycles. The molecule has 2 fully saturated rings. The first kappa shape index (κ1) is 16.1. The van der Waals surface area contributed by atoms with E-state index in [1.807, 2.05) is 20.8 Å². The molecule has 0 aromatic heterocycles. The Morgan fingerprint density at radius 3 is 2.67 bits per heavy atom. The van der Waals surface area contributed by atoms with Gasteiger partial charge in [-0.3, -0.25) is 4.79 Å². The summed E-state index contributed by atoms with van der Waals surface area (Å²) in [4.78, 5) is 26.0. The minimum absolute atomic E-state index is 0.187. The Labute approximate surface area is 126 Å². The zero-order valence-electron chi connectivity index (χ0n) is 13.4. The first-order valence-electron chi connectivity index (χ1n) is 7.54. The van der Waals surface area contributed by atoms with Gasteiger partial charge in [-0.2, -0.15) is 0 Å². The van der Waals surface area contributed by atoms with E-state index in [9.17, 15) is 9.59 Å². The van der Waals surface area contributed by atoms with E-state index in [4.69, 9.17) is 9.47 Å². The molecule has 2 heterocycles. The second-order valence-corrected chi connectivity index (χ2v) is 7.07. The fourth-order valence-electron chi connectivity index (χ4n) is 3.35. The van der Waals surface area contributed by atoms with Crippen LogP contribution in [0.2, 0.25) is 0 Å². The topological polar surface area (TPSA) is 67.9 Å². The van der Waals surface area contributed by atoms with Crippen molar-refractivity contribution < 1.29 is 19.1 Å². The van der Waals surface area contributed by atoms with E-state index in [-0.39, 0.29) is 23.4 Å². The number of hydrogen-bond donors (Lipinski definition) is 1. The van der Waals surface area contributed by atoms with Crippen LogP contribution < -0.4 is 5.32 Å². The van der Waals surface area contributed by atoms with Crippen molar-refractivity contribution in [2.45, 2.75) is 39.2 Å². The Kier molecular flexibility index (Phi) is 4.46. The number of nitrogens with zero attached hydrogens (tertiary/aromatic N) is 1. The smallest absolute Gasteiger partial charge is 0.410 e. The normalized spacial score (nSPS) is 29.5. The van der Waals surface area contributed by atoms with Gasteiger partial charge in [0.25, 0.3) is 0 Å². The van der Waals surface area contributed by atoms with Gasteiger partial charge < -0.3 is 19.7 Å². The summed E-state index contributed by atoms with van der Waals surface area (Å²) >= 11 is 0. The number of esters is 1. The number of carbonyl (C=O) groups is 2. The van der Waals surface area contributed by atoms with Crippen LogP contribution in [-0.4, -0.2) is 55.9 Å². The van der Waals surface area contributed by atoms with Crippen LogP contribution in [0.1, 0.15) is 33.6 Å². The summed E-state index contributed by atoms with van der Waals surface area (Å²) in [5, 5.41) is 3.28. The predicted molar refractivity (Wildman–Crippen MR) is 77.8 cm³/mol. The minimum atomic E-state index is -0.503. The summed E-state index contributed by atoms with van der Waals surface area (Å²) < 4.78 is 10.4. The third-order valence-electron chi connectivity index (χ3n) is 4.31. The van der Waals surface area contributed by atoms with Crippen LogP contribution in [0.15, 0.2) is 0 Å². The Morgan fingerprint density at radius 2 is 2.05 bits per heavy atom. The first-order chi connectivity index (χ1) is 9.77. The summed E-state index contributed by atoms with van der Waals surface area (Å²) in [6.45, 7) is 8.18. The van der Waals surface area contributed by atoms with Crippen molar-refractivity contribution in [2.24, 2.45) is 11.3 Å². The number of likely N-dealkylation sites (tertiary alicyclic amines) is 1. The standard InChI is InChI=1S/C15H26N2O4/c1-14(2,3)21-13(19)17-7-5-6-15(10-17)9-16-8-11(15)12(18)20-4/h11,16H,5-10H2,1-4H3. The van der Waals surface area contributed by atoms with Gasteiger partial charge in [0.1, 0.15) is 5.60 Å². The molecule has 0 aromatic rings. The van der Waals surface area contributed by atoms with E-state index in [1.165, 1.54) is 7.11 Å². The van der Waals surface area contributed by atoms with Crippen molar-refractivity contribution in [1.29, 1.82) is 0 Å². The van der Waals surface area contributed by atoms with Gasteiger partial charge in [0.05, 0.1) is 13.0 Å². The highest BCUT2D eigenvalue weighted by molar-refractivity contribution is 5.75.